The molecule has 1 aliphatic rings. The number of ether oxygens (including phenoxy) is 1. The number of nitrogen functional groups attached to an aromatic ring is 1. The first-order valence-electron chi connectivity index (χ1n) is 8.98. The summed E-state index contributed by atoms with van der Waals surface area (Å²) in [6, 6.07) is 5.02. The molecule has 4 rings (SSSR count). The SMILES string of the molecule is COC(=O)Nc1cc(Nc2cc(NC3CC3)c3ncc(N)n3n2)cc(C(F)(F)F)c1. The van der Waals surface area contributed by atoms with E-state index in [1.807, 2.05) is 0 Å². The molecule has 9 nitrogen and oxygen atoms in total. The minimum atomic E-state index is -4.62. The van der Waals surface area contributed by atoms with Crippen molar-refractivity contribution in [2.45, 2.75) is 25.1 Å². The Balaban J connectivity index is 1.72. The largest absolute Gasteiger partial charge is 0.453 e. The first-order valence-corrected chi connectivity index (χ1v) is 8.98. The number of amides is 1. The number of methoxy groups -OCH3 is 1. The Hall–Kier alpha value is -3.70. The molecule has 0 bridgehead atoms. The van der Waals surface area contributed by atoms with Crippen LogP contribution in [0.3, 0.4) is 0 Å². The molecular formula is C18H18F3N7O2. The molecule has 0 aliphatic heterocycles. The van der Waals surface area contributed by atoms with Crippen LogP contribution in [-0.4, -0.2) is 33.8 Å². The van der Waals surface area contributed by atoms with Crippen LogP contribution in [0.25, 0.3) is 5.65 Å². The van der Waals surface area contributed by atoms with E-state index in [2.05, 4.69) is 30.8 Å². The van der Waals surface area contributed by atoms with Crippen LogP contribution in [0, 0.1) is 0 Å². The van der Waals surface area contributed by atoms with E-state index in [9.17, 15) is 18.0 Å². The number of fused-ring (bicyclic) bond motifs is 1. The highest BCUT2D eigenvalue weighted by Crippen LogP contribution is 2.35. The van der Waals surface area contributed by atoms with Crippen LogP contribution in [0.1, 0.15) is 18.4 Å². The van der Waals surface area contributed by atoms with Crippen LogP contribution in [0.4, 0.5) is 46.7 Å². The van der Waals surface area contributed by atoms with Gasteiger partial charge in [-0.05, 0) is 31.0 Å². The number of nitrogens with one attached hydrogen (secondary N) is 3. The second-order valence-electron chi connectivity index (χ2n) is 6.82. The maximum atomic E-state index is 13.3. The molecule has 1 amide bonds. The van der Waals surface area contributed by atoms with Crippen molar-refractivity contribution in [1.82, 2.24) is 14.6 Å². The highest BCUT2D eigenvalue weighted by molar-refractivity contribution is 5.86. The second-order valence-corrected chi connectivity index (χ2v) is 6.82. The number of rotatable bonds is 5. The Bertz CT molecular complexity index is 1110. The summed E-state index contributed by atoms with van der Waals surface area (Å²) in [5, 5.41) is 12.7. The number of benzene rings is 1. The molecule has 1 aromatic carbocycles. The summed E-state index contributed by atoms with van der Waals surface area (Å²) < 4.78 is 45.8. The number of hydrogen-bond acceptors (Lipinski definition) is 7. The predicted molar refractivity (Wildman–Crippen MR) is 105 cm³/mol. The van der Waals surface area contributed by atoms with Crippen LogP contribution in [-0.2, 0) is 10.9 Å². The predicted octanol–water partition coefficient (Wildman–Crippen LogP) is 3.83. The monoisotopic (exact) mass is 421 g/mol. The van der Waals surface area contributed by atoms with E-state index in [4.69, 9.17) is 5.73 Å². The summed E-state index contributed by atoms with van der Waals surface area (Å²) in [6.45, 7) is 0. The second kappa shape index (κ2) is 7.28. The zero-order valence-electron chi connectivity index (χ0n) is 15.7. The molecule has 0 atom stereocenters. The number of imidazole rings is 1. The van der Waals surface area contributed by atoms with Gasteiger partial charge in [0, 0.05) is 23.5 Å². The van der Waals surface area contributed by atoms with Gasteiger partial charge in [-0.1, -0.05) is 0 Å². The lowest BCUT2D eigenvalue weighted by Crippen LogP contribution is -2.13. The van der Waals surface area contributed by atoms with Crippen LogP contribution in [0.2, 0.25) is 0 Å². The zero-order chi connectivity index (χ0) is 21.5. The highest BCUT2D eigenvalue weighted by Gasteiger charge is 2.31. The van der Waals surface area contributed by atoms with Crippen molar-refractivity contribution in [3.8, 4) is 0 Å². The van der Waals surface area contributed by atoms with E-state index in [1.165, 1.54) is 16.8 Å². The van der Waals surface area contributed by atoms with Crippen molar-refractivity contribution in [3.05, 3.63) is 36.0 Å². The molecule has 0 saturated heterocycles. The number of carbonyl (C=O) groups is 1. The first kappa shape index (κ1) is 19.6. The molecule has 0 unspecified atom stereocenters. The average molecular weight is 421 g/mol. The zero-order valence-corrected chi connectivity index (χ0v) is 15.7. The van der Waals surface area contributed by atoms with Crippen molar-refractivity contribution in [2.75, 3.05) is 28.8 Å². The van der Waals surface area contributed by atoms with Gasteiger partial charge in [-0.25, -0.2) is 9.78 Å². The Kier molecular flexibility index (Phi) is 4.76. The minimum absolute atomic E-state index is 0.0686. The third-order valence-electron chi connectivity index (χ3n) is 4.40. The van der Waals surface area contributed by atoms with Crippen LogP contribution < -0.4 is 21.7 Å². The van der Waals surface area contributed by atoms with Gasteiger partial charge in [0.2, 0.25) is 0 Å². The molecule has 3 aromatic rings. The van der Waals surface area contributed by atoms with Crippen molar-refractivity contribution < 1.29 is 22.7 Å². The smallest absolute Gasteiger partial charge is 0.416 e. The highest BCUT2D eigenvalue weighted by atomic mass is 19.4. The van der Waals surface area contributed by atoms with E-state index < -0.39 is 17.8 Å². The van der Waals surface area contributed by atoms with E-state index in [0.717, 1.165) is 32.1 Å². The maximum absolute atomic E-state index is 13.3. The number of alkyl halides is 3. The Morgan fingerprint density at radius 2 is 1.97 bits per heavy atom. The van der Waals surface area contributed by atoms with Gasteiger partial charge in [-0.15, -0.1) is 5.10 Å². The van der Waals surface area contributed by atoms with Gasteiger partial charge in [0.15, 0.2) is 11.5 Å². The lowest BCUT2D eigenvalue weighted by atomic mass is 10.1. The molecule has 2 heterocycles. The first-order chi connectivity index (χ1) is 14.2. The molecular weight excluding hydrogens is 403 g/mol. The standard InChI is InChI=1S/C18H18F3N7O2/c1-30-17(29)26-12-5-9(18(19,20)21)4-11(6-12)25-15-7-13(24-10-2-3-10)16-23-8-14(22)28(16)27-15/h4-8,10,24H,2-3,22H2,1H3,(H,25,27)(H,26,29). The fourth-order valence-corrected chi connectivity index (χ4v) is 2.85. The number of hydrogen-bond donors (Lipinski definition) is 4. The summed E-state index contributed by atoms with van der Waals surface area (Å²) in [4.78, 5) is 15.7. The minimum Gasteiger partial charge on any atom is -0.453 e. The summed E-state index contributed by atoms with van der Waals surface area (Å²) in [5.41, 5.74) is 6.11. The quantitative estimate of drug-likeness (QED) is 0.494. The maximum Gasteiger partial charge on any atom is 0.416 e. The molecule has 12 heteroatoms. The summed E-state index contributed by atoms with van der Waals surface area (Å²) in [6.07, 6.45) is -2.02. The van der Waals surface area contributed by atoms with Gasteiger partial charge in [0.05, 0.1) is 24.6 Å². The van der Waals surface area contributed by atoms with E-state index >= 15 is 0 Å². The van der Waals surface area contributed by atoms with Crippen LogP contribution in [0.5, 0.6) is 0 Å². The number of nitrogens with two attached hydrogens (primary N) is 1. The van der Waals surface area contributed by atoms with Crippen molar-refractivity contribution in [3.63, 3.8) is 0 Å². The number of anilines is 5. The van der Waals surface area contributed by atoms with Gasteiger partial charge in [-0.3, -0.25) is 5.32 Å². The topological polar surface area (TPSA) is 119 Å². The molecule has 30 heavy (non-hydrogen) atoms. The van der Waals surface area contributed by atoms with E-state index in [1.54, 1.807) is 6.07 Å². The van der Waals surface area contributed by atoms with Crippen LogP contribution in [0.15, 0.2) is 30.5 Å². The van der Waals surface area contributed by atoms with Crippen LogP contribution >= 0.6 is 0 Å². The molecule has 1 fully saturated rings. The lowest BCUT2D eigenvalue weighted by molar-refractivity contribution is -0.137. The summed E-state index contributed by atoms with van der Waals surface area (Å²) >= 11 is 0. The molecule has 1 aliphatic carbocycles. The van der Waals surface area contributed by atoms with Gasteiger partial charge in [0.1, 0.15) is 5.82 Å². The van der Waals surface area contributed by atoms with E-state index in [-0.39, 0.29) is 23.0 Å². The fraction of sp³-hybridized carbons (Fsp3) is 0.278. The van der Waals surface area contributed by atoms with Gasteiger partial charge >= 0.3 is 12.3 Å². The Morgan fingerprint density at radius 1 is 1.23 bits per heavy atom. The number of carbonyl (C=O) groups excluding carboxylic acids is 1. The number of aromatic nitrogens is 3. The number of nitrogens with zero attached hydrogens (tertiary/aromatic N) is 3. The van der Waals surface area contributed by atoms with Gasteiger partial charge < -0.3 is 21.1 Å². The molecule has 5 N–H and O–H groups in total. The average Bonchev–Trinajstić information content (AvgIpc) is 3.42. The van der Waals surface area contributed by atoms with Crippen molar-refractivity contribution >= 4 is 40.4 Å². The normalized spacial score (nSPS) is 13.9. The molecule has 2 aromatic heterocycles. The molecule has 158 valence electrons. The molecule has 0 radical (unpaired) electrons. The summed E-state index contributed by atoms with van der Waals surface area (Å²) in [5.74, 6) is 0.531. The van der Waals surface area contributed by atoms with Gasteiger partial charge in [0.25, 0.3) is 0 Å². The fourth-order valence-electron chi connectivity index (χ4n) is 2.85. The van der Waals surface area contributed by atoms with Crippen molar-refractivity contribution in [2.24, 2.45) is 0 Å². The summed E-state index contributed by atoms with van der Waals surface area (Å²) in [7, 11) is 1.12. The molecule has 1 saturated carbocycles. The third-order valence-corrected chi connectivity index (χ3v) is 4.40. The Morgan fingerprint density at radius 3 is 2.63 bits per heavy atom. The number of halogens is 3. The third kappa shape index (κ3) is 4.16. The van der Waals surface area contributed by atoms with Crippen molar-refractivity contribution in [1.29, 1.82) is 0 Å². The Labute approximate surface area is 168 Å². The molecule has 0 spiro atoms. The van der Waals surface area contributed by atoms with E-state index in [0.29, 0.717) is 17.4 Å². The lowest BCUT2D eigenvalue weighted by Gasteiger charge is -2.15. The van der Waals surface area contributed by atoms with Gasteiger partial charge in [-0.2, -0.15) is 17.7 Å².